The molecule has 0 saturated carbocycles. The average Bonchev–Trinajstić information content (AvgIpc) is 3.01. The maximum absolute atomic E-state index is 12.4. The molecular weight excluding hydrogens is 322 g/mol. The Bertz CT molecular complexity index is 944. The van der Waals surface area contributed by atoms with Crippen molar-refractivity contribution in [1.82, 2.24) is 9.78 Å². The predicted octanol–water partition coefficient (Wildman–Crippen LogP) is 2.44. The molecule has 1 aromatic heterocycles. The van der Waals surface area contributed by atoms with Crippen LogP contribution in [0.3, 0.4) is 0 Å². The van der Waals surface area contributed by atoms with E-state index in [2.05, 4.69) is 10.4 Å². The first kappa shape index (κ1) is 16.4. The SMILES string of the molecule is COc1ccc(C(=O)Nc2cc(=O)n(-c3ccccc3)[nH]2)cc1OC. The third kappa shape index (κ3) is 3.40. The molecule has 0 radical (unpaired) electrons. The monoisotopic (exact) mass is 339 g/mol. The van der Waals surface area contributed by atoms with E-state index in [4.69, 9.17) is 9.47 Å². The molecule has 0 unspecified atom stereocenters. The minimum Gasteiger partial charge on any atom is -0.493 e. The highest BCUT2D eigenvalue weighted by Crippen LogP contribution is 2.27. The highest BCUT2D eigenvalue weighted by atomic mass is 16.5. The van der Waals surface area contributed by atoms with Crippen LogP contribution >= 0.6 is 0 Å². The number of nitrogens with zero attached hydrogens (tertiary/aromatic N) is 1. The van der Waals surface area contributed by atoms with Gasteiger partial charge in [-0.15, -0.1) is 0 Å². The van der Waals surface area contributed by atoms with Gasteiger partial charge < -0.3 is 14.8 Å². The molecule has 0 saturated heterocycles. The van der Waals surface area contributed by atoms with E-state index in [1.807, 2.05) is 18.2 Å². The molecule has 3 aromatic rings. The molecule has 2 aromatic carbocycles. The number of nitrogens with one attached hydrogen (secondary N) is 2. The minimum atomic E-state index is -0.373. The number of ether oxygens (including phenoxy) is 2. The molecular formula is C18H17N3O4. The van der Waals surface area contributed by atoms with Crippen LogP contribution < -0.4 is 20.3 Å². The van der Waals surface area contributed by atoms with Crippen LogP contribution in [-0.2, 0) is 0 Å². The van der Waals surface area contributed by atoms with E-state index < -0.39 is 0 Å². The smallest absolute Gasteiger partial charge is 0.273 e. The number of para-hydroxylation sites is 1. The first-order valence-electron chi connectivity index (χ1n) is 7.53. The summed E-state index contributed by atoms with van der Waals surface area (Å²) in [6.45, 7) is 0. The first-order chi connectivity index (χ1) is 12.1. The third-order valence-electron chi connectivity index (χ3n) is 3.63. The Morgan fingerprint density at radius 2 is 1.72 bits per heavy atom. The van der Waals surface area contributed by atoms with Crippen molar-refractivity contribution in [2.24, 2.45) is 0 Å². The van der Waals surface area contributed by atoms with Gasteiger partial charge in [-0.3, -0.25) is 14.7 Å². The summed E-state index contributed by atoms with van der Waals surface area (Å²) < 4.78 is 11.7. The van der Waals surface area contributed by atoms with Gasteiger partial charge >= 0.3 is 0 Å². The van der Waals surface area contributed by atoms with Crippen molar-refractivity contribution in [3.63, 3.8) is 0 Å². The molecule has 0 bridgehead atoms. The van der Waals surface area contributed by atoms with E-state index in [1.54, 1.807) is 30.3 Å². The second kappa shape index (κ2) is 6.96. The number of aromatic amines is 1. The van der Waals surface area contributed by atoms with Gasteiger partial charge in [0.15, 0.2) is 11.5 Å². The molecule has 25 heavy (non-hydrogen) atoms. The predicted molar refractivity (Wildman–Crippen MR) is 93.9 cm³/mol. The average molecular weight is 339 g/mol. The fourth-order valence-electron chi connectivity index (χ4n) is 2.40. The second-order valence-corrected chi connectivity index (χ2v) is 5.20. The Hall–Kier alpha value is -3.48. The molecule has 0 spiro atoms. The summed E-state index contributed by atoms with van der Waals surface area (Å²) in [6, 6.07) is 15.2. The molecule has 2 N–H and O–H groups in total. The number of anilines is 1. The number of amides is 1. The molecule has 7 nitrogen and oxygen atoms in total. The summed E-state index contributed by atoms with van der Waals surface area (Å²) in [6.07, 6.45) is 0. The number of hydrogen-bond acceptors (Lipinski definition) is 4. The van der Waals surface area contributed by atoms with Crippen LogP contribution in [0.4, 0.5) is 5.82 Å². The molecule has 7 heteroatoms. The Labute approximate surface area is 143 Å². The lowest BCUT2D eigenvalue weighted by Crippen LogP contribution is -2.13. The van der Waals surface area contributed by atoms with Crippen molar-refractivity contribution in [3.8, 4) is 17.2 Å². The lowest BCUT2D eigenvalue weighted by molar-refractivity contribution is 0.102. The van der Waals surface area contributed by atoms with Crippen LogP contribution in [-0.4, -0.2) is 29.9 Å². The van der Waals surface area contributed by atoms with E-state index in [1.165, 1.54) is 25.0 Å². The summed E-state index contributed by atoms with van der Waals surface area (Å²) in [5, 5.41) is 5.53. The summed E-state index contributed by atoms with van der Waals surface area (Å²) in [5.74, 6) is 0.907. The molecule has 0 aliphatic heterocycles. The maximum atomic E-state index is 12.4. The van der Waals surface area contributed by atoms with Crippen molar-refractivity contribution in [2.45, 2.75) is 0 Å². The number of hydrogen-bond donors (Lipinski definition) is 2. The summed E-state index contributed by atoms with van der Waals surface area (Å²) >= 11 is 0. The Balaban J connectivity index is 1.83. The van der Waals surface area contributed by atoms with E-state index in [0.29, 0.717) is 28.6 Å². The Kier molecular flexibility index (Phi) is 4.56. The zero-order valence-corrected chi connectivity index (χ0v) is 13.8. The van der Waals surface area contributed by atoms with Crippen molar-refractivity contribution in [3.05, 3.63) is 70.5 Å². The van der Waals surface area contributed by atoms with Crippen LogP contribution in [0.15, 0.2) is 59.4 Å². The van der Waals surface area contributed by atoms with Crippen LogP contribution in [0.5, 0.6) is 11.5 Å². The summed E-state index contributed by atoms with van der Waals surface area (Å²) in [7, 11) is 3.02. The zero-order valence-electron chi connectivity index (χ0n) is 13.8. The van der Waals surface area contributed by atoms with E-state index in [9.17, 15) is 9.59 Å². The lowest BCUT2D eigenvalue weighted by Gasteiger charge is -2.09. The van der Waals surface area contributed by atoms with Gasteiger partial charge in [-0.1, -0.05) is 18.2 Å². The highest BCUT2D eigenvalue weighted by Gasteiger charge is 2.13. The summed E-state index contributed by atoms with van der Waals surface area (Å²) in [4.78, 5) is 24.5. The van der Waals surface area contributed by atoms with Gasteiger partial charge in [0.05, 0.1) is 19.9 Å². The number of H-pyrrole nitrogens is 1. The highest BCUT2D eigenvalue weighted by molar-refractivity contribution is 6.04. The van der Waals surface area contributed by atoms with Gasteiger partial charge in [0.1, 0.15) is 5.82 Å². The molecule has 1 amide bonds. The van der Waals surface area contributed by atoms with Crippen molar-refractivity contribution >= 4 is 11.7 Å². The van der Waals surface area contributed by atoms with Crippen LogP contribution in [0.1, 0.15) is 10.4 Å². The topological polar surface area (TPSA) is 85.4 Å². The molecule has 0 fully saturated rings. The van der Waals surface area contributed by atoms with E-state index >= 15 is 0 Å². The van der Waals surface area contributed by atoms with Gasteiger partial charge in [-0.05, 0) is 30.3 Å². The number of carbonyl (C=O) groups is 1. The van der Waals surface area contributed by atoms with Gasteiger partial charge in [0.25, 0.3) is 11.5 Å². The first-order valence-corrected chi connectivity index (χ1v) is 7.53. The Morgan fingerprint density at radius 3 is 2.40 bits per heavy atom. The molecule has 0 aliphatic rings. The van der Waals surface area contributed by atoms with Crippen LogP contribution in [0.25, 0.3) is 5.69 Å². The quantitative estimate of drug-likeness (QED) is 0.748. The second-order valence-electron chi connectivity index (χ2n) is 5.20. The van der Waals surface area contributed by atoms with E-state index in [0.717, 1.165) is 0 Å². The van der Waals surface area contributed by atoms with Crippen LogP contribution in [0, 0.1) is 0 Å². The number of benzene rings is 2. The third-order valence-corrected chi connectivity index (χ3v) is 3.63. The molecule has 128 valence electrons. The minimum absolute atomic E-state index is 0.270. The fraction of sp³-hybridized carbons (Fsp3) is 0.111. The van der Waals surface area contributed by atoms with Gasteiger partial charge in [0.2, 0.25) is 0 Å². The number of rotatable bonds is 5. The lowest BCUT2D eigenvalue weighted by atomic mass is 10.2. The van der Waals surface area contributed by atoms with Gasteiger partial charge in [-0.2, -0.15) is 0 Å². The van der Waals surface area contributed by atoms with Crippen molar-refractivity contribution in [1.29, 1.82) is 0 Å². The van der Waals surface area contributed by atoms with Gasteiger partial charge in [-0.25, -0.2) is 4.68 Å². The van der Waals surface area contributed by atoms with E-state index in [-0.39, 0.29) is 11.5 Å². The fourth-order valence-corrected chi connectivity index (χ4v) is 2.40. The zero-order chi connectivity index (χ0) is 17.8. The largest absolute Gasteiger partial charge is 0.493 e. The van der Waals surface area contributed by atoms with Crippen LogP contribution in [0.2, 0.25) is 0 Å². The normalized spacial score (nSPS) is 10.3. The number of carbonyl (C=O) groups excluding carboxylic acids is 1. The Morgan fingerprint density at radius 1 is 1.00 bits per heavy atom. The van der Waals surface area contributed by atoms with Gasteiger partial charge in [0, 0.05) is 11.6 Å². The van der Waals surface area contributed by atoms with Crippen molar-refractivity contribution in [2.75, 3.05) is 19.5 Å². The summed E-state index contributed by atoms with van der Waals surface area (Å²) in [5.41, 5.74) is 0.791. The number of aromatic nitrogens is 2. The molecule has 0 atom stereocenters. The molecule has 0 aliphatic carbocycles. The molecule has 3 rings (SSSR count). The van der Waals surface area contributed by atoms with Crippen molar-refractivity contribution < 1.29 is 14.3 Å². The maximum Gasteiger partial charge on any atom is 0.273 e. The molecule has 1 heterocycles. The number of methoxy groups -OCH3 is 2. The standard InChI is InChI=1S/C18H17N3O4/c1-24-14-9-8-12(10-15(14)25-2)18(23)19-16-11-17(22)21(20-16)13-6-4-3-5-7-13/h3-11,20H,1-2H3,(H,19,23).